The Kier molecular flexibility index (Phi) is 7.16. The molecule has 0 unspecified atom stereocenters. The van der Waals surface area contributed by atoms with Crippen LogP contribution >= 0.6 is 11.3 Å². The van der Waals surface area contributed by atoms with Crippen LogP contribution in [0.25, 0.3) is 0 Å². The predicted octanol–water partition coefficient (Wildman–Crippen LogP) is 3.70. The molecule has 3 aromatic rings. The Morgan fingerprint density at radius 2 is 1.88 bits per heavy atom. The molecule has 0 bridgehead atoms. The number of hydrogen-bond donors (Lipinski definition) is 2. The Morgan fingerprint density at radius 1 is 1.00 bits per heavy atom. The van der Waals surface area contributed by atoms with E-state index in [0.717, 1.165) is 30.4 Å². The third kappa shape index (κ3) is 6.29. The van der Waals surface area contributed by atoms with E-state index < -0.39 is 0 Å². The number of para-hydroxylation sites is 1. The van der Waals surface area contributed by atoms with Crippen LogP contribution in [-0.2, 0) is 13.0 Å². The van der Waals surface area contributed by atoms with Gasteiger partial charge in [0.05, 0.1) is 19.4 Å². The molecule has 0 atom stereocenters. The highest BCUT2D eigenvalue weighted by molar-refractivity contribution is 7.09. The van der Waals surface area contributed by atoms with E-state index in [-0.39, 0.29) is 0 Å². The van der Waals surface area contributed by atoms with Crippen molar-refractivity contribution in [1.82, 2.24) is 10.6 Å². The summed E-state index contributed by atoms with van der Waals surface area (Å²) >= 11 is 1.71. The zero-order chi connectivity index (χ0) is 17.9. The highest BCUT2D eigenvalue weighted by Gasteiger charge is 2.01. The Balaban J connectivity index is 1.45. The number of nitrogens with one attached hydrogen (secondary N) is 2. The van der Waals surface area contributed by atoms with Crippen LogP contribution < -0.4 is 15.4 Å². The largest absolute Gasteiger partial charge is 0.492 e. The van der Waals surface area contributed by atoms with Crippen LogP contribution in [0.15, 0.2) is 75.7 Å². The molecule has 0 amide bonds. The molecule has 0 radical (unpaired) electrons. The molecular formula is C20H23N3O2S. The van der Waals surface area contributed by atoms with Crippen LogP contribution in [-0.4, -0.2) is 25.7 Å². The van der Waals surface area contributed by atoms with Crippen molar-refractivity contribution in [3.63, 3.8) is 0 Å². The van der Waals surface area contributed by atoms with E-state index >= 15 is 0 Å². The summed E-state index contributed by atoms with van der Waals surface area (Å²) in [5, 5.41) is 8.73. The normalized spacial score (nSPS) is 11.3. The van der Waals surface area contributed by atoms with Crippen LogP contribution in [0.3, 0.4) is 0 Å². The van der Waals surface area contributed by atoms with Crippen molar-refractivity contribution < 1.29 is 9.15 Å². The second kappa shape index (κ2) is 10.3. The van der Waals surface area contributed by atoms with Crippen molar-refractivity contribution in [2.24, 2.45) is 4.99 Å². The molecule has 2 aromatic heterocycles. The predicted molar refractivity (Wildman–Crippen MR) is 106 cm³/mol. The van der Waals surface area contributed by atoms with Gasteiger partial charge in [0.1, 0.15) is 18.1 Å². The number of thiophene rings is 1. The molecule has 2 heterocycles. The van der Waals surface area contributed by atoms with E-state index in [1.165, 1.54) is 4.88 Å². The smallest absolute Gasteiger partial charge is 0.191 e. The number of hydrogen-bond acceptors (Lipinski definition) is 4. The minimum atomic E-state index is 0.571. The van der Waals surface area contributed by atoms with Gasteiger partial charge in [0.15, 0.2) is 5.96 Å². The fourth-order valence-electron chi connectivity index (χ4n) is 2.35. The molecule has 0 spiro atoms. The molecule has 0 aliphatic heterocycles. The van der Waals surface area contributed by atoms with Gasteiger partial charge in [0.25, 0.3) is 0 Å². The number of aliphatic imine (C=N–C) groups is 1. The van der Waals surface area contributed by atoms with Gasteiger partial charge in [-0.15, -0.1) is 11.3 Å². The van der Waals surface area contributed by atoms with Gasteiger partial charge in [-0.25, -0.2) is 4.99 Å². The minimum absolute atomic E-state index is 0.571. The molecule has 0 saturated heterocycles. The first kappa shape index (κ1) is 18.1. The summed E-state index contributed by atoms with van der Waals surface area (Å²) in [5.41, 5.74) is 0. The number of ether oxygens (including phenoxy) is 1. The molecular weight excluding hydrogens is 346 g/mol. The van der Waals surface area contributed by atoms with Crippen molar-refractivity contribution in [3.8, 4) is 5.75 Å². The average Bonchev–Trinajstić information content (AvgIpc) is 3.37. The standard InChI is InChI=1S/C20H23N3O2S/c1-2-6-17(7-3-1)25-14-12-22-20(23-16-19-9-5-15-26-19)21-11-10-18-8-4-13-24-18/h1-9,13,15H,10-12,14,16H2,(H2,21,22,23). The maximum absolute atomic E-state index is 5.71. The molecule has 26 heavy (non-hydrogen) atoms. The van der Waals surface area contributed by atoms with Gasteiger partial charge in [0.2, 0.25) is 0 Å². The molecule has 0 fully saturated rings. The van der Waals surface area contributed by atoms with Crippen molar-refractivity contribution >= 4 is 17.3 Å². The summed E-state index contributed by atoms with van der Waals surface area (Å²) in [7, 11) is 0. The van der Waals surface area contributed by atoms with Gasteiger partial charge in [-0.3, -0.25) is 0 Å². The van der Waals surface area contributed by atoms with Crippen LogP contribution in [0.4, 0.5) is 0 Å². The van der Waals surface area contributed by atoms with E-state index in [1.807, 2.05) is 48.5 Å². The van der Waals surface area contributed by atoms with Gasteiger partial charge in [0, 0.05) is 17.8 Å². The lowest BCUT2D eigenvalue weighted by molar-refractivity contribution is 0.322. The van der Waals surface area contributed by atoms with Gasteiger partial charge in [-0.1, -0.05) is 24.3 Å². The first-order valence-corrected chi connectivity index (χ1v) is 9.53. The molecule has 6 heteroatoms. The first-order chi connectivity index (χ1) is 12.9. The van der Waals surface area contributed by atoms with Crippen LogP contribution in [0.5, 0.6) is 5.75 Å². The summed E-state index contributed by atoms with van der Waals surface area (Å²) < 4.78 is 11.1. The van der Waals surface area contributed by atoms with Gasteiger partial charge < -0.3 is 19.8 Å². The van der Waals surface area contributed by atoms with Crippen molar-refractivity contribution in [2.45, 2.75) is 13.0 Å². The average molecular weight is 369 g/mol. The Hall–Kier alpha value is -2.73. The lowest BCUT2D eigenvalue weighted by Gasteiger charge is -2.13. The summed E-state index contributed by atoms with van der Waals surface area (Å²) in [6.07, 6.45) is 2.51. The summed E-state index contributed by atoms with van der Waals surface area (Å²) in [5.74, 6) is 2.61. The van der Waals surface area contributed by atoms with Crippen molar-refractivity contribution in [3.05, 3.63) is 76.9 Å². The summed E-state index contributed by atoms with van der Waals surface area (Å²) in [4.78, 5) is 5.88. The third-order valence-corrected chi connectivity index (χ3v) is 4.48. The molecule has 0 saturated carbocycles. The van der Waals surface area contributed by atoms with Crippen LogP contribution in [0.1, 0.15) is 10.6 Å². The zero-order valence-corrected chi connectivity index (χ0v) is 15.4. The second-order valence-electron chi connectivity index (χ2n) is 5.59. The summed E-state index contributed by atoms with van der Waals surface area (Å²) in [6.45, 7) is 2.66. The van der Waals surface area contributed by atoms with E-state index in [0.29, 0.717) is 19.7 Å². The molecule has 0 aliphatic rings. The number of rotatable bonds is 9. The summed E-state index contributed by atoms with van der Waals surface area (Å²) in [6, 6.07) is 17.8. The molecule has 2 N–H and O–H groups in total. The quantitative estimate of drug-likeness (QED) is 0.343. The lowest BCUT2D eigenvalue weighted by atomic mass is 10.3. The van der Waals surface area contributed by atoms with E-state index in [1.54, 1.807) is 17.6 Å². The van der Waals surface area contributed by atoms with Crippen LogP contribution in [0, 0.1) is 0 Å². The van der Waals surface area contributed by atoms with Crippen molar-refractivity contribution in [2.75, 3.05) is 19.7 Å². The first-order valence-electron chi connectivity index (χ1n) is 8.65. The molecule has 5 nitrogen and oxygen atoms in total. The number of guanidine groups is 1. The third-order valence-electron chi connectivity index (χ3n) is 3.62. The Morgan fingerprint density at radius 3 is 2.65 bits per heavy atom. The number of furan rings is 1. The molecule has 3 rings (SSSR count). The maximum atomic E-state index is 5.71. The fourth-order valence-corrected chi connectivity index (χ4v) is 2.98. The van der Waals surface area contributed by atoms with Crippen LogP contribution in [0.2, 0.25) is 0 Å². The molecule has 0 aliphatic carbocycles. The Labute approximate surface area is 157 Å². The molecule has 136 valence electrons. The molecule has 1 aromatic carbocycles. The fraction of sp³-hybridized carbons (Fsp3) is 0.250. The van der Waals surface area contributed by atoms with E-state index in [4.69, 9.17) is 9.15 Å². The van der Waals surface area contributed by atoms with E-state index in [9.17, 15) is 0 Å². The topological polar surface area (TPSA) is 58.8 Å². The number of nitrogens with zero attached hydrogens (tertiary/aromatic N) is 1. The highest BCUT2D eigenvalue weighted by Crippen LogP contribution is 2.09. The zero-order valence-electron chi connectivity index (χ0n) is 14.6. The monoisotopic (exact) mass is 369 g/mol. The highest BCUT2D eigenvalue weighted by atomic mass is 32.1. The maximum Gasteiger partial charge on any atom is 0.191 e. The van der Waals surface area contributed by atoms with E-state index in [2.05, 4.69) is 27.1 Å². The minimum Gasteiger partial charge on any atom is -0.492 e. The van der Waals surface area contributed by atoms with Crippen molar-refractivity contribution in [1.29, 1.82) is 0 Å². The SMILES string of the molecule is c1ccc(OCCNC(=NCc2cccs2)NCCc2ccco2)cc1. The van der Waals surface area contributed by atoms with Gasteiger partial charge >= 0.3 is 0 Å². The second-order valence-corrected chi connectivity index (χ2v) is 6.62. The van der Waals surface area contributed by atoms with Gasteiger partial charge in [-0.05, 0) is 35.7 Å². The lowest BCUT2D eigenvalue weighted by Crippen LogP contribution is -2.40. The number of benzene rings is 1. The van der Waals surface area contributed by atoms with Gasteiger partial charge in [-0.2, -0.15) is 0 Å². The Bertz CT molecular complexity index is 756.